The van der Waals surface area contributed by atoms with Gasteiger partial charge in [-0.25, -0.2) is 18.7 Å². The molecular weight excluding hydrogens is 348 g/mol. The van der Waals surface area contributed by atoms with Gasteiger partial charge >= 0.3 is 6.01 Å². The summed E-state index contributed by atoms with van der Waals surface area (Å²) in [7, 11) is 2.90. The van der Waals surface area contributed by atoms with Gasteiger partial charge in [-0.3, -0.25) is 0 Å². The summed E-state index contributed by atoms with van der Waals surface area (Å²) in [5, 5.41) is 8.38. The van der Waals surface area contributed by atoms with E-state index in [1.807, 2.05) is 0 Å². The summed E-state index contributed by atoms with van der Waals surface area (Å²) in [5.74, 6) is -2.62. The molecule has 11 heteroatoms. The van der Waals surface area contributed by atoms with Crippen molar-refractivity contribution in [3.8, 4) is 23.1 Å². The van der Waals surface area contributed by atoms with Gasteiger partial charge in [0.15, 0.2) is 5.65 Å². The molecule has 1 saturated heterocycles. The predicted molar refractivity (Wildman–Crippen MR) is 86.4 cm³/mol. The number of ether oxygens (including phenoxy) is 2. The summed E-state index contributed by atoms with van der Waals surface area (Å²) >= 11 is 0. The lowest BCUT2D eigenvalue weighted by atomic mass is 10.2. The molecule has 9 nitrogen and oxygen atoms in total. The number of nitrogens with zero attached hydrogens (tertiary/aromatic N) is 7. The molecule has 1 aliphatic heterocycles. The lowest BCUT2D eigenvalue weighted by Gasteiger charge is -2.19. The fourth-order valence-corrected chi connectivity index (χ4v) is 2.76. The van der Waals surface area contributed by atoms with Crippen LogP contribution in [0.3, 0.4) is 0 Å². The molecule has 135 valence electrons. The predicted octanol–water partition coefficient (Wildman–Crippen LogP) is 1.26. The summed E-state index contributed by atoms with van der Waals surface area (Å²) in [5.41, 5.74) is 1.75. The van der Waals surface area contributed by atoms with Crippen molar-refractivity contribution in [1.29, 1.82) is 0 Å². The fourth-order valence-electron chi connectivity index (χ4n) is 2.76. The van der Waals surface area contributed by atoms with Crippen molar-refractivity contribution >= 4 is 11.3 Å². The van der Waals surface area contributed by atoms with Gasteiger partial charge in [-0.1, -0.05) is 0 Å². The molecule has 1 aliphatic rings. The summed E-state index contributed by atoms with van der Waals surface area (Å²) in [6.07, 6.45) is 3.77. The highest BCUT2D eigenvalue weighted by molar-refractivity contribution is 5.76. The van der Waals surface area contributed by atoms with Gasteiger partial charge < -0.3 is 14.4 Å². The third-order valence-electron chi connectivity index (χ3n) is 3.97. The van der Waals surface area contributed by atoms with Crippen LogP contribution in [-0.2, 0) is 0 Å². The maximum absolute atomic E-state index is 13.6. The Bertz CT molecular complexity index is 962. The zero-order chi connectivity index (χ0) is 18.3. The smallest absolute Gasteiger partial charge is 0.319 e. The summed E-state index contributed by atoms with van der Waals surface area (Å²) in [6, 6.07) is 1.79. The van der Waals surface area contributed by atoms with E-state index in [-0.39, 0.29) is 18.4 Å². The van der Waals surface area contributed by atoms with Crippen molar-refractivity contribution in [2.45, 2.75) is 5.92 Å². The molecule has 3 aromatic rings. The first kappa shape index (κ1) is 16.4. The highest BCUT2D eigenvalue weighted by Gasteiger charge is 2.39. The van der Waals surface area contributed by atoms with Crippen LogP contribution in [0, 0.1) is 6.42 Å². The molecular formula is C15H14F2N7O2. The van der Waals surface area contributed by atoms with E-state index in [1.165, 1.54) is 36.3 Å². The Morgan fingerprint density at radius 3 is 2.73 bits per heavy atom. The Hall–Kier alpha value is -3.11. The molecule has 0 amide bonds. The number of anilines is 1. The first-order chi connectivity index (χ1) is 12.5. The average molecular weight is 362 g/mol. The second-order valence-electron chi connectivity index (χ2n) is 5.61. The van der Waals surface area contributed by atoms with Crippen LogP contribution in [0.1, 0.15) is 0 Å². The second-order valence-corrected chi connectivity index (χ2v) is 5.61. The van der Waals surface area contributed by atoms with Crippen molar-refractivity contribution in [2.75, 3.05) is 32.2 Å². The maximum Gasteiger partial charge on any atom is 0.319 e. The summed E-state index contributed by atoms with van der Waals surface area (Å²) < 4.78 is 38.8. The fraction of sp³-hybridized carbons (Fsp3) is 0.333. The summed E-state index contributed by atoms with van der Waals surface area (Å²) in [6.45, 7) is -0.343. The number of hydrogen-bond donors (Lipinski definition) is 0. The van der Waals surface area contributed by atoms with Gasteiger partial charge in [-0.15, -0.1) is 14.8 Å². The Morgan fingerprint density at radius 1 is 1.19 bits per heavy atom. The number of alkyl halides is 2. The first-order valence-corrected chi connectivity index (χ1v) is 7.64. The van der Waals surface area contributed by atoms with Gasteiger partial charge in [0, 0.05) is 12.7 Å². The molecule has 0 spiro atoms. The van der Waals surface area contributed by atoms with E-state index in [9.17, 15) is 8.78 Å². The Kier molecular flexibility index (Phi) is 3.78. The third kappa shape index (κ3) is 2.74. The molecule has 0 aliphatic carbocycles. The number of hydrogen-bond acceptors (Lipinski definition) is 8. The van der Waals surface area contributed by atoms with Gasteiger partial charge in [0.2, 0.25) is 5.88 Å². The minimum atomic E-state index is -2.86. The van der Waals surface area contributed by atoms with Crippen LogP contribution in [0.5, 0.6) is 11.9 Å². The van der Waals surface area contributed by atoms with E-state index in [0.717, 1.165) is 6.42 Å². The maximum atomic E-state index is 13.6. The minimum absolute atomic E-state index is 0.0925. The molecule has 0 saturated carbocycles. The number of methoxy groups -OCH3 is 2. The van der Waals surface area contributed by atoms with E-state index >= 15 is 0 Å². The van der Waals surface area contributed by atoms with Crippen LogP contribution in [0.25, 0.3) is 16.9 Å². The number of fused-ring (bicyclic) bond motifs is 1. The Morgan fingerprint density at radius 2 is 2.04 bits per heavy atom. The molecule has 3 aromatic heterocycles. The van der Waals surface area contributed by atoms with Crippen LogP contribution >= 0.6 is 0 Å². The first-order valence-electron chi connectivity index (χ1n) is 7.64. The van der Waals surface area contributed by atoms with Crippen molar-refractivity contribution < 1.29 is 18.3 Å². The van der Waals surface area contributed by atoms with E-state index < -0.39 is 12.5 Å². The summed E-state index contributed by atoms with van der Waals surface area (Å²) in [4.78, 5) is 13.8. The molecule has 4 rings (SSSR count). The lowest BCUT2D eigenvalue weighted by molar-refractivity contribution is 0.0620. The molecule has 0 unspecified atom stereocenters. The molecule has 1 fully saturated rings. The van der Waals surface area contributed by atoms with Gasteiger partial charge in [-0.05, 0) is 6.07 Å². The second kappa shape index (κ2) is 6.00. The Balaban J connectivity index is 1.85. The zero-order valence-electron chi connectivity index (χ0n) is 13.9. The number of halogens is 2. The SMILES string of the molecule is COc1ncc(-c2cc(N3C[CH]C(F)(F)C3)c3ncnn3n2)c(OC)n1. The van der Waals surface area contributed by atoms with Crippen LogP contribution in [0.15, 0.2) is 18.6 Å². The van der Waals surface area contributed by atoms with Crippen LogP contribution in [0.2, 0.25) is 0 Å². The monoisotopic (exact) mass is 362 g/mol. The largest absolute Gasteiger partial charge is 0.480 e. The van der Waals surface area contributed by atoms with Gasteiger partial charge in [0.05, 0.1) is 38.4 Å². The van der Waals surface area contributed by atoms with Gasteiger partial charge in [-0.2, -0.15) is 4.98 Å². The van der Waals surface area contributed by atoms with Crippen molar-refractivity contribution in [3.63, 3.8) is 0 Å². The Labute approximate surface area is 146 Å². The highest BCUT2D eigenvalue weighted by atomic mass is 19.3. The number of aromatic nitrogens is 6. The molecule has 26 heavy (non-hydrogen) atoms. The van der Waals surface area contributed by atoms with Crippen molar-refractivity contribution in [1.82, 2.24) is 29.8 Å². The zero-order valence-corrected chi connectivity index (χ0v) is 13.9. The van der Waals surface area contributed by atoms with E-state index in [0.29, 0.717) is 22.6 Å². The molecule has 0 atom stereocenters. The van der Waals surface area contributed by atoms with E-state index in [4.69, 9.17) is 9.47 Å². The molecule has 0 aromatic carbocycles. The van der Waals surface area contributed by atoms with Crippen LogP contribution in [-0.4, -0.2) is 63.0 Å². The average Bonchev–Trinajstić information content (AvgIpc) is 3.26. The standard InChI is InChI=1S/C15H14F2N7O2/c1-25-13-9(6-18-14(21-13)26-2)10-5-11(12-19-8-20-24(12)22-10)23-4-3-15(16,17)7-23/h3,5-6,8H,4,7H2,1-2H3. The third-order valence-corrected chi connectivity index (χ3v) is 3.97. The van der Waals surface area contributed by atoms with E-state index in [2.05, 4.69) is 25.1 Å². The quantitative estimate of drug-likeness (QED) is 0.685. The highest BCUT2D eigenvalue weighted by Crippen LogP contribution is 2.35. The lowest BCUT2D eigenvalue weighted by Crippen LogP contribution is -2.25. The molecule has 0 bridgehead atoms. The van der Waals surface area contributed by atoms with Gasteiger partial charge in [0.1, 0.15) is 12.0 Å². The topological polar surface area (TPSA) is 90.6 Å². The normalized spacial score (nSPS) is 16.2. The minimum Gasteiger partial charge on any atom is -0.480 e. The van der Waals surface area contributed by atoms with Crippen LogP contribution in [0.4, 0.5) is 14.5 Å². The van der Waals surface area contributed by atoms with Crippen molar-refractivity contribution in [2.24, 2.45) is 0 Å². The van der Waals surface area contributed by atoms with Gasteiger partial charge in [0.25, 0.3) is 5.92 Å². The molecule has 1 radical (unpaired) electrons. The van der Waals surface area contributed by atoms with E-state index in [1.54, 1.807) is 6.07 Å². The van der Waals surface area contributed by atoms with Crippen LogP contribution < -0.4 is 14.4 Å². The number of rotatable bonds is 4. The molecule has 4 heterocycles. The van der Waals surface area contributed by atoms with Crippen molar-refractivity contribution in [3.05, 3.63) is 25.0 Å². The molecule has 0 N–H and O–H groups in total.